The molecule has 0 fully saturated rings. The van der Waals surface area contributed by atoms with E-state index in [2.05, 4.69) is 0 Å². The summed E-state index contributed by atoms with van der Waals surface area (Å²) in [6, 6.07) is 6.99. The molecular weight excluding hydrogens is 178 g/mol. The Labute approximate surface area is 82.2 Å². The van der Waals surface area contributed by atoms with Crippen LogP contribution in [0, 0.1) is 0 Å². The van der Waals surface area contributed by atoms with Crippen LogP contribution in [0.1, 0.15) is 22.3 Å². The summed E-state index contributed by atoms with van der Waals surface area (Å²) in [5, 5.41) is 0. The molecular formula is C11H11NO2. The molecule has 14 heavy (non-hydrogen) atoms. The fraction of sp³-hybridized carbons (Fsp3) is 0.0909. The molecule has 3 nitrogen and oxygen atoms in total. The van der Waals surface area contributed by atoms with E-state index in [-0.39, 0.29) is 0 Å². The molecule has 0 saturated heterocycles. The highest BCUT2D eigenvalue weighted by Crippen LogP contribution is 2.09. The minimum atomic E-state index is -0.462. The van der Waals surface area contributed by atoms with Gasteiger partial charge in [-0.1, -0.05) is 30.4 Å². The van der Waals surface area contributed by atoms with Crippen LogP contribution in [-0.4, -0.2) is 12.2 Å². The number of allylic oxidation sites excluding steroid dienone is 1. The van der Waals surface area contributed by atoms with Gasteiger partial charge >= 0.3 is 0 Å². The van der Waals surface area contributed by atoms with Gasteiger partial charge in [0.1, 0.15) is 6.29 Å². The molecule has 0 heterocycles. The first kappa shape index (κ1) is 10.2. The smallest absolute Gasteiger partial charge is 0.249 e. The molecule has 0 aromatic heterocycles. The zero-order chi connectivity index (χ0) is 10.4. The van der Waals surface area contributed by atoms with Crippen molar-refractivity contribution < 1.29 is 9.59 Å². The number of amides is 1. The Kier molecular flexibility index (Phi) is 3.61. The summed E-state index contributed by atoms with van der Waals surface area (Å²) in [6.07, 6.45) is 4.54. The molecule has 1 rings (SSSR count). The van der Waals surface area contributed by atoms with Crippen molar-refractivity contribution in [1.29, 1.82) is 0 Å². The normalized spacial score (nSPS) is 10.3. The molecule has 0 atom stereocenters. The van der Waals surface area contributed by atoms with Gasteiger partial charge in [0.25, 0.3) is 0 Å². The van der Waals surface area contributed by atoms with Crippen LogP contribution in [-0.2, 0) is 4.79 Å². The monoisotopic (exact) mass is 189 g/mol. The van der Waals surface area contributed by atoms with Crippen LogP contribution in [0.4, 0.5) is 0 Å². The third-order valence-electron chi connectivity index (χ3n) is 1.76. The number of nitrogens with two attached hydrogens (primary N) is 1. The highest BCUT2D eigenvalue weighted by molar-refractivity contribution is 5.96. The fourth-order valence-electron chi connectivity index (χ4n) is 1.12. The van der Waals surface area contributed by atoms with Crippen LogP contribution in [0.5, 0.6) is 0 Å². The quantitative estimate of drug-likeness (QED) is 0.727. The van der Waals surface area contributed by atoms with Crippen molar-refractivity contribution in [3.63, 3.8) is 0 Å². The van der Waals surface area contributed by atoms with Crippen LogP contribution in [0.15, 0.2) is 30.3 Å². The van der Waals surface area contributed by atoms with Gasteiger partial charge in [-0.3, -0.25) is 4.79 Å². The van der Waals surface area contributed by atoms with Crippen molar-refractivity contribution in [3.05, 3.63) is 41.5 Å². The van der Waals surface area contributed by atoms with E-state index in [0.717, 1.165) is 11.8 Å². The molecule has 0 aliphatic heterocycles. The van der Waals surface area contributed by atoms with Crippen LogP contribution < -0.4 is 5.73 Å². The molecule has 3 heteroatoms. The summed E-state index contributed by atoms with van der Waals surface area (Å²) < 4.78 is 0. The zero-order valence-corrected chi connectivity index (χ0v) is 7.64. The molecule has 0 aliphatic carbocycles. The summed E-state index contributed by atoms with van der Waals surface area (Å²) in [5.41, 5.74) is 6.38. The van der Waals surface area contributed by atoms with Gasteiger partial charge in [0.2, 0.25) is 5.91 Å². The van der Waals surface area contributed by atoms with E-state index in [9.17, 15) is 9.59 Å². The number of carbonyl (C=O) groups is 2. The number of hydrogen-bond donors (Lipinski definition) is 1. The van der Waals surface area contributed by atoms with E-state index in [0.29, 0.717) is 12.0 Å². The Bertz CT molecular complexity index is 369. The largest absolute Gasteiger partial charge is 0.366 e. The molecule has 0 spiro atoms. The Balaban J connectivity index is 2.95. The number of aldehydes is 1. The first-order valence-electron chi connectivity index (χ1n) is 4.24. The van der Waals surface area contributed by atoms with Gasteiger partial charge in [-0.25, -0.2) is 0 Å². The zero-order valence-electron chi connectivity index (χ0n) is 7.64. The molecule has 72 valence electrons. The molecule has 1 amide bonds. The third kappa shape index (κ3) is 2.55. The maximum atomic E-state index is 11.0. The van der Waals surface area contributed by atoms with Gasteiger partial charge in [-0.15, -0.1) is 0 Å². The van der Waals surface area contributed by atoms with E-state index in [1.54, 1.807) is 30.4 Å². The van der Waals surface area contributed by atoms with Crippen LogP contribution in [0.25, 0.3) is 6.08 Å². The van der Waals surface area contributed by atoms with Crippen LogP contribution >= 0.6 is 0 Å². The lowest BCUT2D eigenvalue weighted by molar-refractivity contribution is -0.107. The van der Waals surface area contributed by atoms with E-state index < -0.39 is 5.91 Å². The maximum absolute atomic E-state index is 11.0. The molecule has 1 aromatic carbocycles. The second-order valence-electron chi connectivity index (χ2n) is 2.76. The van der Waals surface area contributed by atoms with E-state index >= 15 is 0 Å². The lowest BCUT2D eigenvalue weighted by atomic mass is 10.1. The standard InChI is InChI=1S/C11H11NO2/c12-11(14)10-7-2-1-5-9(10)6-3-4-8-13/h1-3,5-8H,4H2,(H2,12,14). The number of benzene rings is 1. The Morgan fingerprint density at radius 2 is 2.07 bits per heavy atom. The van der Waals surface area contributed by atoms with Crippen molar-refractivity contribution in [2.75, 3.05) is 0 Å². The molecule has 1 aromatic rings. The lowest BCUT2D eigenvalue weighted by Crippen LogP contribution is -2.12. The average molecular weight is 189 g/mol. The number of carbonyl (C=O) groups excluding carboxylic acids is 2. The minimum Gasteiger partial charge on any atom is -0.366 e. The van der Waals surface area contributed by atoms with Crippen molar-refractivity contribution in [3.8, 4) is 0 Å². The van der Waals surface area contributed by atoms with Gasteiger partial charge < -0.3 is 10.5 Å². The van der Waals surface area contributed by atoms with Crippen molar-refractivity contribution in [1.82, 2.24) is 0 Å². The minimum absolute atomic E-state index is 0.340. The number of hydrogen-bond acceptors (Lipinski definition) is 2. The van der Waals surface area contributed by atoms with E-state index in [4.69, 9.17) is 5.73 Å². The van der Waals surface area contributed by atoms with Gasteiger partial charge in [0.05, 0.1) is 0 Å². The first-order chi connectivity index (χ1) is 6.75. The Morgan fingerprint density at radius 1 is 1.36 bits per heavy atom. The molecule has 0 radical (unpaired) electrons. The Morgan fingerprint density at radius 3 is 2.71 bits per heavy atom. The van der Waals surface area contributed by atoms with Gasteiger partial charge in [0.15, 0.2) is 0 Å². The predicted molar refractivity (Wildman–Crippen MR) is 54.7 cm³/mol. The van der Waals surface area contributed by atoms with E-state index in [1.807, 2.05) is 6.07 Å². The van der Waals surface area contributed by atoms with Gasteiger partial charge in [-0.2, -0.15) is 0 Å². The SMILES string of the molecule is NC(=O)c1ccccc1C=CCC=O. The molecule has 0 aliphatic rings. The molecule has 0 unspecified atom stereocenters. The molecule has 0 bridgehead atoms. The third-order valence-corrected chi connectivity index (χ3v) is 1.76. The molecule has 2 N–H and O–H groups in total. The number of primary amides is 1. The summed E-state index contributed by atoms with van der Waals surface area (Å²) >= 11 is 0. The highest BCUT2D eigenvalue weighted by Gasteiger charge is 2.02. The van der Waals surface area contributed by atoms with Crippen LogP contribution in [0.2, 0.25) is 0 Å². The summed E-state index contributed by atoms with van der Waals surface area (Å²) in [6.45, 7) is 0. The summed E-state index contributed by atoms with van der Waals surface area (Å²) in [5.74, 6) is -0.462. The van der Waals surface area contributed by atoms with Crippen molar-refractivity contribution in [2.24, 2.45) is 5.73 Å². The fourth-order valence-corrected chi connectivity index (χ4v) is 1.12. The first-order valence-corrected chi connectivity index (χ1v) is 4.24. The summed E-state index contributed by atoms with van der Waals surface area (Å²) in [7, 11) is 0. The summed E-state index contributed by atoms with van der Waals surface area (Å²) in [4.78, 5) is 21.0. The highest BCUT2D eigenvalue weighted by atomic mass is 16.1. The van der Waals surface area contributed by atoms with Gasteiger partial charge in [0, 0.05) is 12.0 Å². The average Bonchev–Trinajstić information content (AvgIpc) is 2.19. The second kappa shape index (κ2) is 4.97. The van der Waals surface area contributed by atoms with Crippen molar-refractivity contribution >= 4 is 18.3 Å². The lowest BCUT2D eigenvalue weighted by Gasteiger charge is -1.99. The van der Waals surface area contributed by atoms with Crippen LogP contribution in [0.3, 0.4) is 0 Å². The van der Waals surface area contributed by atoms with Gasteiger partial charge in [-0.05, 0) is 11.6 Å². The molecule has 0 saturated carbocycles. The number of rotatable bonds is 4. The topological polar surface area (TPSA) is 60.2 Å². The maximum Gasteiger partial charge on any atom is 0.249 e. The van der Waals surface area contributed by atoms with Crippen molar-refractivity contribution in [2.45, 2.75) is 6.42 Å². The van der Waals surface area contributed by atoms with E-state index in [1.165, 1.54) is 0 Å². The predicted octanol–water partition coefficient (Wildman–Crippen LogP) is 1.39. The Hall–Kier alpha value is -1.90. The second-order valence-corrected chi connectivity index (χ2v) is 2.76.